The fraction of sp³-hybridized carbons (Fsp3) is 0.111. The normalized spacial score (nSPS) is 11.8. The second-order valence-electron chi connectivity index (χ2n) is 3.57. The van der Waals surface area contributed by atoms with Crippen molar-refractivity contribution >= 4 is 33.2 Å². The minimum Gasteiger partial charge on any atom is -0.300 e. The second-order valence-corrected chi connectivity index (χ2v) is 5.90. The quantitative estimate of drug-likeness (QED) is 0.908. The SMILES string of the molecule is Cn1c(-c2cc(Cl)cc(Cl)c2)nnc1S(N)(=O)=O. The molecule has 1 aromatic carbocycles. The molecule has 18 heavy (non-hydrogen) atoms. The summed E-state index contributed by atoms with van der Waals surface area (Å²) >= 11 is 11.7. The molecule has 0 saturated carbocycles. The maximum absolute atomic E-state index is 11.2. The fourth-order valence-corrected chi connectivity index (χ4v) is 2.65. The Balaban J connectivity index is 2.63. The molecule has 0 unspecified atom stereocenters. The number of rotatable bonds is 2. The first-order valence-corrected chi connectivity index (χ1v) is 6.98. The van der Waals surface area contributed by atoms with Gasteiger partial charge in [0.1, 0.15) is 0 Å². The van der Waals surface area contributed by atoms with E-state index < -0.39 is 10.0 Å². The molecule has 0 radical (unpaired) electrons. The summed E-state index contributed by atoms with van der Waals surface area (Å²) in [5.74, 6) is 0.309. The molecule has 0 aliphatic heterocycles. The number of nitrogens with two attached hydrogens (primary N) is 1. The van der Waals surface area contributed by atoms with Gasteiger partial charge in [-0.05, 0) is 18.2 Å². The van der Waals surface area contributed by atoms with Gasteiger partial charge in [-0.1, -0.05) is 23.2 Å². The molecule has 6 nitrogen and oxygen atoms in total. The van der Waals surface area contributed by atoms with Crippen LogP contribution in [-0.2, 0) is 17.1 Å². The van der Waals surface area contributed by atoms with E-state index in [1.54, 1.807) is 18.2 Å². The largest absolute Gasteiger partial charge is 0.300 e. The minimum absolute atomic E-state index is 0.309. The van der Waals surface area contributed by atoms with Crippen LogP contribution in [0.5, 0.6) is 0 Å². The lowest BCUT2D eigenvalue weighted by atomic mass is 10.2. The molecular weight excluding hydrogens is 299 g/mol. The van der Waals surface area contributed by atoms with E-state index in [9.17, 15) is 8.42 Å². The van der Waals surface area contributed by atoms with E-state index in [2.05, 4.69) is 10.2 Å². The van der Waals surface area contributed by atoms with Crippen LogP contribution in [0.1, 0.15) is 0 Å². The number of nitrogens with zero attached hydrogens (tertiary/aromatic N) is 3. The summed E-state index contributed by atoms with van der Waals surface area (Å²) in [6.45, 7) is 0. The summed E-state index contributed by atoms with van der Waals surface area (Å²) in [7, 11) is -2.43. The van der Waals surface area contributed by atoms with Crippen molar-refractivity contribution in [3.05, 3.63) is 28.2 Å². The Labute approximate surface area is 113 Å². The van der Waals surface area contributed by atoms with Gasteiger partial charge < -0.3 is 0 Å². The van der Waals surface area contributed by atoms with Gasteiger partial charge in [0.25, 0.3) is 15.2 Å². The van der Waals surface area contributed by atoms with Gasteiger partial charge in [0.15, 0.2) is 5.82 Å². The second kappa shape index (κ2) is 4.51. The van der Waals surface area contributed by atoms with Gasteiger partial charge in [-0.3, -0.25) is 4.57 Å². The number of benzene rings is 1. The predicted octanol–water partition coefficient (Wildman–Crippen LogP) is 1.44. The number of hydrogen-bond donors (Lipinski definition) is 1. The Kier molecular flexibility index (Phi) is 3.33. The van der Waals surface area contributed by atoms with E-state index in [4.69, 9.17) is 28.3 Å². The lowest BCUT2D eigenvalue weighted by Crippen LogP contribution is -2.17. The summed E-state index contributed by atoms with van der Waals surface area (Å²) in [6.07, 6.45) is 0. The first kappa shape index (κ1) is 13.3. The minimum atomic E-state index is -3.92. The predicted molar refractivity (Wildman–Crippen MR) is 67.8 cm³/mol. The third-order valence-corrected chi connectivity index (χ3v) is 3.51. The van der Waals surface area contributed by atoms with Crippen LogP contribution in [0, 0.1) is 0 Å². The third-order valence-electron chi connectivity index (χ3n) is 2.21. The lowest BCUT2D eigenvalue weighted by Gasteiger charge is -2.03. The molecule has 96 valence electrons. The van der Waals surface area contributed by atoms with Gasteiger partial charge >= 0.3 is 0 Å². The van der Waals surface area contributed by atoms with Gasteiger partial charge in [0.2, 0.25) is 0 Å². The van der Waals surface area contributed by atoms with Crippen LogP contribution in [0.4, 0.5) is 0 Å². The molecule has 0 saturated heterocycles. The number of hydrogen-bond acceptors (Lipinski definition) is 4. The van der Waals surface area contributed by atoms with Crippen molar-refractivity contribution in [1.29, 1.82) is 0 Å². The number of halogens is 2. The molecule has 1 heterocycles. The Hall–Kier alpha value is -1.15. The number of primary sulfonamides is 1. The Morgan fingerprint density at radius 1 is 1.17 bits per heavy atom. The van der Waals surface area contributed by atoms with Gasteiger partial charge in [-0.2, -0.15) is 0 Å². The molecule has 0 aliphatic rings. The van der Waals surface area contributed by atoms with Crippen molar-refractivity contribution in [1.82, 2.24) is 14.8 Å². The lowest BCUT2D eigenvalue weighted by molar-refractivity contribution is 0.580. The fourth-order valence-electron chi connectivity index (χ4n) is 1.50. The Morgan fingerprint density at radius 3 is 2.17 bits per heavy atom. The van der Waals surface area contributed by atoms with Crippen LogP contribution in [0.25, 0.3) is 11.4 Å². The molecule has 2 aromatic rings. The van der Waals surface area contributed by atoms with Crippen molar-refractivity contribution in [3.63, 3.8) is 0 Å². The van der Waals surface area contributed by atoms with E-state index >= 15 is 0 Å². The van der Waals surface area contributed by atoms with Crippen molar-refractivity contribution in [2.24, 2.45) is 12.2 Å². The average Bonchev–Trinajstić information content (AvgIpc) is 2.57. The maximum Gasteiger partial charge on any atom is 0.273 e. The molecule has 1 aromatic heterocycles. The van der Waals surface area contributed by atoms with Gasteiger partial charge in [-0.25, -0.2) is 13.6 Å². The summed E-state index contributed by atoms with van der Waals surface area (Å²) in [4.78, 5) is 0. The smallest absolute Gasteiger partial charge is 0.273 e. The van der Waals surface area contributed by atoms with Crippen LogP contribution in [0.3, 0.4) is 0 Å². The van der Waals surface area contributed by atoms with Crippen LogP contribution >= 0.6 is 23.2 Å². The van der Waals surface area contributed by atoms with Gasteiger partial charge in [-0.15, -0.1) is 10.2 Å². The highest BCUT2D eigenvalue weighted by Crippen LogP contribution is 2.26. The Bertz CT molecular complexity index is 691. The first-order chi connectivity index (χ1) is 8.29. The maximum atomic E-state index is 11.2. The van der Waals surface area contributed by atoms with Crippen molar-refractivity contribution in [2.75, 3.05) is 0 Å². The summed E-state index contributed by atoms with van der Waals surface area (Å²) in [5.41, 5.74) is 0.553. The zero-order valence-electron chi connectivity index (χ0n) is 9.13. The molecule has 0 spiro atoms. The number of aromatic nitrogens is 3. The zero-order valence-corrected chi connectivity index (χ0v) is 11.5. The van der Waals surface area contributed by atoms with Gasteiger partial charge in [0, 0.05) is 22.7 Å². The summed E-state index contributed by atoms with van der Waals surface area (Å²) < 4.78 is 23.7. The topological polar surface area (TPSA) is 90.9 Å². The molecule has 0 amide bonds. The van der Waals surface area contributed by atoms with E-state index in [1.807, 2.05) is 0 Å². The Morgan fingerprint density at radius 2 is 1.72 bits per heavy atom. The van der Waals surface area contributed by atoms with E-state index in [0.29, 0.717) is 21.4 Å². The molecule has 9 heteroatoms. The standard InChI is InChI=1S/C9H8Cl2N4O2S/c1-15-8(13-14-9(15)18(12,16)17)5-2-6(10)4-7(11)3-5/h2-4H,1H3,(H2,12,16,17). The highest BCUT2D eigenvalue weighted by atomic mass is 35.5. The zero-order chi connectivity index (χ0) is 13.5. The van der Waals surface area contributed by atoms with Gasteiger partial charge in [0.05, 0.1) is 0 Å². The van der Waals surface area contributed by atoms with Crippen molar-refractivity contribution in [2.45, 2.75) is 5.16 Å². The van der Waals surface area contributed by atoms with Crippen molar-refractivity contribution < 1.29 is 8.42 Å². The average molecular weight is 307 g/mol. The molecule has 0 fully saturated rings. The van der Waals surface area contributed by atoms with Crippen molar-refractivity contribution in [3.8, 4) is 11.4 Å². The molecule has 2 rings (SSSR count). The molecule has 0 aliphatic carbocycles. The van der Waals surface area contributed by atoms with Crippen LogP contribution < -0.4 is 5.14 Å². The summed E-state index contributed by atoms with van der Waals surface area (Å²) in [6, 6.07) is 4.76. The van der Waals surface area contributed by atoms with Crippen LogP contribution in [0.15, 0.2) is 23.4 Å². The molecule has 2 N–H and O–H groups in total. The molecule has 0 bridgehead atoms. The van der Waals surface area contributed by atoms with Crippen LogP contribution in [-0.4, -0.2) is 23.2 Å². The number of sulfonamides is 1. The first-order valence-electron chi connectivity index (χ1n) is 4.67. The summed E-state index contributed by atoms with van der Waals surface area (Å²) in [5, 5.41) is 12.8. The molecule has 0 atom stereocenters. The van der Waals surface area contributed by atoms with Crippen LogP contribution in [0.2, 0.25) is 10.0 Å². The van der Waals surface area contributed by atoms with E-state index in [-0.39, 0.29) is 5.16 Å². The van der Waals surface area contributed by atoms with E-state index in [1.165, 1.54) is 11.6 Å². The van der Waals surface area contributed by atoms with E-state index in [0.717, 1.165) is 0 Å². The highest BCUT2D eigenvalue weighted by Gasteiger charge is 2.19. The monoisotopic (exact) mass is 306 g/mol. The highest BCUT2D eigenvalue weighted by molar-refractivity contribution is 7.89. The molecular formula is C9H8Cl2N4O2S. The third kappa shape index (κ3) is 2.49.